The highest BCUT2D eigenvalue weighted by atomic mass is 19.4. The van der Waals surface area contributed by atoms with E-state index in [1.54, 1.807) is 19.1 Å². The van der Waals surface area contributed by atoms with E-state index < -0.39 is 17.6 Å². The molecule has 4 rings (SSSR count). The lowest BCUT2D eigenvalue weighted by atomic mass is 9.93. The van der Waals surface area contributed by atoms with Crippen molar-refractivity contribution >= 4 is 23.0 Å². The molecule has 0 aliphatic heterocycles. The van der Waals surface area contributed by atoms with Gasteiger partial charge in [-0.1, -0.05) is 6.07 Å². The van der Waals surface area contributed by atoms with Gasteiger partial charge in [-0.2, -0.15) is 18.3 Å². The number of carbonyl (C=O) groups is 1. The van der Waals surface area contributed by atoms with Gasteiger partial charge in [-0.05, 0) is 62.2 Å². The minimum Gasteiger partial charge on any atom is -0.455 e. The summed E-state index contributed by atoms with van der Waals surface area (Å²) in [7, 11) is 0. The number of rotatable bonds is 4. The number of benzene rings is 2. The maximum absolute atomic E-state index is 13.1. The number of amides is 1. The fourth-order valence-corrected chi connectivity index (χ4v) is 3.61. The van der Waals surface area contributed by atoms with Gasteiger partial charge < -0.3 is 9.73 Å². The number of nitrogens with zero attached hydrogens (tertiary/aromatic N) is 1. The van der Waals surface area contributed by atoms with Crippen molar-refractivity contribution in [3.8, 4) is 0 Å². The summed E-state index contributed by atoms with van der Waals surface area (Å²) in [6, 6.07) is 10.1. The minimum atomic E-state index is -4.51. The first-order valence-electron chi connectivity index (χ1n) is 9.92. The second kappa shape index (κ2) is 8.49. The van der Waals surface area contributed by atoms with Gasteiger partial charge >= 0.3 is 6.18 Å². The number of hydrogen-bond acceptors (Lipinski definition) is 4. The third kappa shape index (κ3) is 4.51. The van der Waals surface area contributed by atoms with Crippen LogP contribution in [-0.4, -0.2) is 11.6 Å². The Bertz CT molecular complexity index is 1180. The van der Waals surface area contributed by atoms with Crippen molar-refractivity contribution in [2.24, 2.45) is 5.10 Å². The first kappa shape index (κ1) is 21.6. The molecule has 1 heterocycles. The van der Waals surface area contributed by atoms with Crippen molar-refractivity contribution < 1.29 is 26.8 Å². The molecule has 0 radical (unpaired) electrons. The van der Waals surface area contributed by atoms with E-state index in [0.717, 1.165) is 18.6 Å². The highest BCUT2D eigenvalue weighted by molar-refractivity contribution is 6.09. The Morgan fingerprint density at radius 1 is 1.06 bits per heavy atom. The molecule has 1 amide bonds. The lowest BCUT2D eigenvalue weighted by molar-refractivity contribution is -0.137. The Kier molecular flexibility index (Phi) is 5.73. The number of alkyl halides is 3. The van der Waals surface area contributed by atoms with Crippen molar-refractivity contribution in [3.63, 3.8) is 0 Å². The largest absolute Gasteiger partial charge is 0.455 e. The van der Waals surface area contributed by atoms with Crippen molar-refractivity contribution in [2.45, 2.75) is 32.4 Å². The van der Waals surface area contributed by atoms with E-state index in [1.165, 1.54) is 24.3 Å². The molecule has 2 N–H and O–H groups in total. The Labute approximate surface area is 181 Å². The lowest BCUT2D eigenvalue weighted by Crippen LogP contribution is -2.15. The lowest BCUT2D eigenvalue weighted by Gasteiger charge is -2.13. The first-order valence-corrected chi connectivity index (χ1v) is 9.92. The molecule has 1 aromatic heterocycles. The van der Waals surface area contributed by atoms with E-state index in [9.17, 15) is 22.4 Å². The first-order chi connectivity index (χ1) is 15.2. The van der Waals surface area contributed by atoms with Crippen LogP contribution >= 0.6 is 0 Å². The van der Waals surface area contributed by atoms with Crippen molar-refractivity contribution in [1.29, 1.82) is 0 Å². The summed E-state index contributed by atoms with van der Waals surface area (Å²) < 4.78 is 57.7. The van der Waals surface area contributed by atoms with Gasteiger partial charge in [0.2, 0.25) is 0 Å². The van der Waals surface area contributed by atoms with Gasteiger partial charge in [0.25, 0.3) is 5.91 Å². The molecule has 0 saturated carbocycles. The zero-order valence-corrected chi connectivity index (χ0v) is 17.0. The van der Waals surface area contributed by atoms with Gasteiger partial charge in [0.15, 0.2) is 5.76 Å². The number of anilines is 2. The smallest absolute Gasteiger partial charge is 0.416 e. The zero-order valence-electron chi connectivity index (χ0n) is 17.0. The van der Waals surface area contributed by atoms with E-state index in [-0.39, 0.29) is 17.3 Å². The van der Waals surface area contributed by atoms with Crippen molar-refractivity contribution in [3.05, 3.63) is 82.6 Å². The molecule has 0 fully saturated rings. The zero-order chi connectivity index (χ0) is 22.9. The Morgan fingerprint density at radius 3 is 2.53 bits per heavy atom. The fraction of sp³-hybridized carbons (Fsp3) is 0.217. The molecule has 1 aliphatic carbocycles. The molecule has 5 nitrogen and oxygen atoms in total. The molecule has 0 unspecified atom stereocenters. The average Bonchev–Trinajstić information content (AvgIpc) is 3.10. The van der Waals surface area contributed by atoms with Gasteiger partial charge in [0.05, 0.1) is 17.0 Å². The molecule has 0 bridgehead atoms. The van der Waals surface area contributed by atoms with E-state index in [1.807, 2.05) is 0 Å². The number of carbonyl (C=O) groups excluding carboxylic acids is 1. The molecule has 2 aromatic carbocycles. The summed E-state index contributed by atoms with van der Waals surface area (Å²) in [5, 5.41) is 6.88. The Balaban J connectivity index is 1.58. The van der Waals surface area contributed by atoms with Crippen LogP contribution in [-0.2, 0) is 12.6 Å². The summed E-state index contributed by atoms with van der Waals surface area (Å²) in [5.74, 6) is -0.362. The quantitative estimate of drug-likeness (QED) is 0.374. The topological polar surface area (TPSA) is 66.6 Å². The minimum absolute atomic E-state index is 0.0189. The predicted molar refractivity (Wildman–Crippen MR) is 112 cm³/mol. The summed E-state index contributed by atoms with van der Waals surface area (Å²) in [6.07, 6.45) is -2.49. The standard InChI is InChI=1S/C23H19F4N3O2/c1-13-20-18(30-29-16-10-8-15(24)9-11-16)6-3-7-19(20)32-21(13)22(31)28-17-5-2-4-14(12-17)23(25,26)27/h2,4-5,8-12,29H,3,6-7H2,1H3,(H,28,31)/b30-18+. The van der Waals surface area contributed by atoms with Gasteiger partial charge in [-0.3, -0.25) is 10.2 Å². The van der Waals surface area contributed by atoms with E-state index >= 15 is 0 Å². The molecular formula is C23H19F4N3O2. The summed E-state index contributed by atoms with van der Waals surface area (Å²) in [6.45, 7) is 1.71. The van der Waals surface area contributed by atoms with Crippen LogP contribution in [0.15, 0.2) is 58.0 Å². The van der Waals surface area contributed by atoms with Crippen LogP contribution in [0, 0.1) is 12.7 Å². The molecule has 166 valence electrons. The van der Waals surface area contributed by atoms with Gasteiger partial charge in [0, 0.05) is 23.2 Å². The molecule has 0 spiro atoms. The monoisotopic (exact) mass is 445 g/mol. The summed E-state index contributed by atoms with van der Waals surface area (Å²) in [4.78, 5) is 12.8. The third-order valence-electron chi connectivity index (χ3n) is 5.14. The molecule has 0 atom stereocenters. The van der Waals surface area contributed by atoms with Gasteiger partial charge in [0.1, 0.15) is 11.6 Å². The maximum atomic E-state index is 13.1. The molecular weight excluding hydrogens is 426 g/mol. The average molecular weight is 445 g/mol. The number of aryl methyl sites for hydroxylation is 1. The molecule has 32 heavy (non-hydrogen) atoms. The van der Waals surface area contributed by atoms with Crippen LogP contribution in [0.5, 0.6) is 0 Å². The Hall–Kier alpha value is -3.62. The van der Waals surface area contributed by atoms with Crippen molar-refractivity contribution in [2.75, 3.05) is 10.7 Å². The Morgan fingerprint density at radius 2 is 1.81 bits per heavy atom. The normalized spacial score (nSPS) is 14.8. The summed E-state index contributed by atoms with van der Waals surface area (Å²) >= 11 is 0. The highest BCUT2D eigenvalue weighted by Crippen LogP contribution is 2.32. The van der Waals surface area contributed by atoms with E-state index in [4.69, 9.17) is 4.42 Å². The fourth-order valence-electron chi connectivity index (χ4n) is 3.61. The van der Waals surface area contributed by atoms with Crippen LogP contribution < -0.4 is 10.7 Å². The van der Waals surface area contributed by atoms with Crippen molar-refractivity contribution in [1.82, 2.24) is 0 Å². The van der Waals surface area contributed by atoms with Crippen LogP contribution in [0.25, 0.3) is 0 Å². The number of nitrogens with one attached hydrogen (secondary N) is 2. The highest BCUT2D eigenvalue weighted by Gasteiger charge is 2.31. The number of furan rings is 1. The SMILES string of the molecule is Cc1c(C(=O)Nc2cccc(C(F)(F)F)c2)oc2c1/C(=N/Nc1ccc(F)cc1)CCC2. The molecule has 9 heteroatoms. The maximum Gasteiger partial charge on any atom is 0.416 e. The van der Waals surface area contributed by atoms with Gasteiger partial charge in [-0.15, -0.1) is 0 Å². The number of fused-ring (bicyclic) bond motifs is 1. The number of hydrogen-bond donors (Lipinski definition) is 2. The second-order valence-corrected chi connectivity index (χ2v) is 7.42. The number of hydrazone groups is 1. The number of halogens is 4. The predicted octanol–water partition coefficient (Wildman–Crippen LogP) is 6.15. The van der Waals surface area contributed by atoms with Crippen LogP contribution in [0.1, 0.15) is 45.8 Å². The van der Waals surface area contributed by atoms with Crippen LogP contribution in [0.4, 0.5) is 28.9 Å². The van der Waals surface area contributed by atoms with Crippen LogP contribution in [0.2, 0.25) is 0 Å². The molecule has 3 aromatic rings. The van der Waals surface area contributed by atoms with E-state index in [0.29, 0.717) is 41.1 Å². The molecule has 1 aliphatic rings. The van der Waals surface area contributed by atoms with E-state index in [2.05, 4.69) is 15.8 Å². The third-order valence-corrected chi connectivity index (χ3v) is 5.14. The summed E-state index contributed by atoms with van der Waals surface area (Å²) in [5.41, 5.74) is 4.61. The van der Waals surface area contributed by atoms with Gasteiger partial charge in [-0.25, -0.2) is 4.39 Å². The molecule has 0 saturated heterocycles. The van der Waals surface area contributed by atoms with Crippen LogP contribution in [0.3, 0.4) is 0 Å². The second-order valence-electron chi connectivity index (χ2n) is 7.42.